The molecule has 0 saturated heterocycles. The van der Waals surface area contributed by atoms with E-state index in [0.29, 0.717) is 12.4 Å². The SMILES string of the molecule is COc1ccc2nc(CCl)n(Cc3ncccc3C)c2c1. The number of alkyl halides is 1. The number of ether oxygens (including phenoxy) is 1. The number of methoxy groups -OCH3 is 1. The van der Waals surface area contributed by atoms with E-state index in [-0.39, 0.29) is 0 Å². The minimum atomic E-state index is 0.364. The zero-order valence-electron chi connectivity index (χ0n) is 12.0. The van der Waals surface area contributed by atoms with Gasteiger partial charge in [-0.15, -0.1) is 11.6 Å². The van der Waals surface area contributed by atoms with Gasteiger partial charge >= 0.3 is 0 Å². The summed E-state index contributed by atoms with van der Waals surface area (Å²) in [6.07, 6.45) is 1.81. The van der Waals surface area contributed by atoms with Gasteiger partial charge in [0.2, 0.25) is 0 Å². The number of aryl methyl sites for hydroxylation is 1. The predicted octanol–water partition coefficient (Wildman–Crippen LogP) is 3.54. The van der Waals surface area contributed by atoms with E-state index in [4.69, 9.17) is 16.3 Å². The molecular formula is C16H16ClN3O. The fourth-order valence-corrected chi connectivity index (χ4v) is 2.60. The van der Waals surface area contributed by atoms with Crippen molar-refractivity contribution >= 4 is 22.6 Å². The molecule has 0 saturated carbocycles. The van der Waals surface area contributed by atoms with Crippen LogP contribution in [0.3, 0.4) is 0 Å². The van der Waals surface area contributed by atoms with Crippen molar-refractivity contribution in [3.05, 3.63) is 53.6 Å². The Morgan fingerprint density at radius 1 is 1.29 bits per heavy atom. The molecule has 21 heavy (non-hydrogen) atoms. The van der Waals surface area contributed by atoms with Crippen molar-refractivity contribution in [1.82, 2.24) is 14.5 Å². The largest absolute Gasteiger partial charge is 0.497 e. The van der Waals surface area contributed by atoms with Gasteiger partial charge in [-0.25, -0.2) is 4.98 Å². The second-order valence-electron chi connectivity index (χ2n) is 4.87. The summed E-state index contributed by atoms with van der Waals surface area (Å²) in [6, 6.07) is 9.84. The van der Waals surface area contributed by atoms with Crippen molar-refractivity contribution in [3.8, 4) is 5.75 Å². The highest BCUT2D eigenvalue weighted by atomic mass is 35.5. The van der Waals surface area contributed by atoms with E-state index in [1.807, 2.05) is 30.5 Å². The summed E-state index contributed by atoms with van der Waals surface area (Å²) in [7, 11) is 1.66. The van der Waals surface area contributed by atoms with Crippen LogP contribution in [0.25, 0.3) is 11.0 Å². The Morgan fingerprint density at radius 2 is 2.14 bits per heavy atom. The molecular weight excluding hydrogens is 286 g/mol. The molecule has 2 aromatic heterocycles. The van der Waals surface area contributed by atoms with Crippen LogP contribution in [-0.4, -0.2) is 21.6 Å². The van der Waals surface area contributed by atoms with Crippen LogP contribution in [0.4, 0.5) is 0 Å². The van der Waals surface area contributed by atoms with Gasteiger partial charge in [0.05, 0.1) is 36.3 Å². The van der Waals surface area contributed by atoms with E-state index >= 15 is 0 Å². The minimum absolute atomic E-state index is 0.364. The average Bonchev–Trinajstić information content (AvgIpc) is 2.86. The quantitative estimate of drug-likeness (QED) is 0.692. The number of hydrogen-bond acceptors (Lipinski definition) is 3. The first kappa shape index (κ1) is 13.9. The molecule has 0 radical (unpaired) electrons. The Labute approximate surface area is 128 Å². The number of fused-ring (bicyclic) bond motifs is 1. The molecule has 0 aliphatic carbocycles. The van der Waals surface area contributed by atoms with E-state index in [0.717, 1.165) is 33.9 Å². The summed E-state index contributed by atoms with van der Waals surface area (Å²) in [5.74, 6) is 2.01. The van der Waals surface area contributed by atoms with Gasteiger partial charge in [0.25, 0.3) is 0 Å². The van der Waals surface area contributed by atoms with Crippen LogP contribution in [-0.2, 0) is 12.4 Å². The van der Waals surface area contributed by atoms with Crippen LogP contribution in [0.1, 0.15) is 17.1 Å². The average molecular weight is 302 g/mol. The van der Waals surface area contributed by atoms with Crippen LogP contribution in [0.15, 0.2) is 36.5 Å². The van der Waals surface area contributed by atoms with Crippen molar-refractivity contribution in [1.29, 1.82) is 0 Å². The Kier molecular flexibility index (Phi) is 3.80. The van der Waals surface area contributed by atoms with Crippen LogP contribution in [0.5, 0.6) is 5.75 Å². The van der Waals surface area contributed by atoms with Gasteiger partial charge < -0.3 is 9.30 Å². The number of pyridine rings is 1. The van der Waals surface area contributed by atoms with Crippen molar-refractivity contribution < 1.29 is 4.74 Å². The van der Waals surface area contributed by atoms with E-state index in [9.17, 15) is 0 Å². The molecule has 0 atom stereocenters. The summed E-state index contributed by atoms with van der Waals surface area (Å²) in [6.45, 7) is 2.71. The lowest BCUT2D eigenvalue weighted by molar-refractivity contribution is 0.415. The molecule has 0 unspecified atom stereocenters. The van der Waals surface area contributed by atoms with Crippen LogP contribution < -0.4 is 4.74 Å². The minimum Gasteiger partial charge on any atom is -0.497 e. The van der Waals surface area contributed by atoms with Crippen molar-refractivity contribution in [2.75, 3.05) is 7.11 Å². The number of rotatable bonds is 4. The number of imidazole rings is 1. The summed E-state index contributed by atoms with van der Waals surface area (Å²) >= 11 is 6.05. The van der Waals surface area contributed by atoms with Gasteiger partial charge in [0, 0.05) is 12.3 Å². The molecule has 0 N–H and O–H groups in total. The second-order valence-corrected chi connectivity index (χ2v) is 5.14. The van der Waals surface area contributed by atoms with Crippen molar-refractivity contribution in [2.24, 2.45) is 0 Å². The summed E-state index contributed by atoms with van der Waals surface area (Å²) in [5, 5.41) is 0. The van der Waals surface area contributed by atoms with Crippen molar-refractivity contribution in [3.63, 3.8) is 0 Å². The fraction of sp³-hybridized carbons (Fsp3) is 0.250. The first-order valence-corrected chi connectivity index (χ1v) is 7.26. The van der Waals surface area contributed by atoms with Crippen molar-refractivity contribution in [2.45, 2.75) is 19.3 Å². The number of hydrogen-bond donors (Lipinski definition) is 0. The van der Waals surface area contributed by atoms with Crippen LogP contribution >= 0.6 is 11.6 Å². The van der Waals surface area contributed by atoms with E-state index in [1.165, 1.54) is 0 Å². The smallest absolute Gasteiger partial charge is 0.125 e. The molecule has 2 heterocycles. The zero-order chi connectivity index (χ0) is 14.8. The maximum absolute atomic E-state index is 6.05. The number of nitrogens with zero attached hydrogens (tertiary/aromatic N) is 3. The molecule has 5 heteroatoms. The molecule has 3 rings (SSSR count). The molecule has 0 fully saturated rings. The normalized spacial score (nSPS) is 11.0. The van der Waals surface area contributed by atoms with E-state index in [2.05, 4.69) is 27.5 Å². The van der Waals surface area contributed by atoms with Gasteiger partial charge in [-0.3, -0.25) is 4.98 Å². The monoisotopic (exact) mass is 301 g/mol. The van der Waals surface area contributed by atoms with Crippen LogP contribution in [0, 0.1) is 6.92 Å². The summed E-state index contributed by atoms with van der Waals surface area (Å²) in [4.78, 5) is 9.04. The standard InChI is InChI=1S/C16H16ClN3O/c1-11-4-3-7-18-14(11)10-20-15-8-12(21-2)5-6-13(15)19-16(20)9-17/h3-8H,9-10H2,1-2H3. The molecule has 0 aliphatic heterocycles. The third-order valence-electron chi connectivity index (χ3n) is 3.58. The fourth-order valence-electron chi connectivity index (χ4n) is 2.39. The van der Waals surface area contributed by atoms with E-state index in [1.54, 1.807) is 7.11 Å². The number of halogens is 1. The maximum atomic E-state index is 6.05. The Balaban J connectivity index is 2.13. The first-order chi connectivity index (χ1) is 10.2. The first-order valence-electron chi connectivity index (χ1n) is 6.72. The summed E-state index contributed by atoms with van der Waals surface area (Å²) < 4.78 is 7.40. The predicted molar refractivity (Wildman–Crippen MR) is 83.9 cm³/mol. The van der Waals surface area contributed by atoms with Gasteiger partial charge in [-0.1, -0.05) is 6.07 Å². The molecule has 0 aliphatic rings. The second kappa shape index (κ2) is 5.74. The molecule has 4 nitrogen and oxygen atoms in total. The Hall–Kier alpha value is -2.07. The number of aromatic nitrogens is 3. The highest BCUT2D eigenvalue weighted by Gasteiger charge is 2.12. The van der Waals surface area contributed by atoms with Gasteiger partial charge in [0.1, 0.15) is 11.6 Å². The molecule has 0 spiro atoms. The lowest BCUT2D eigenvalue weighted by atomic mass is 10.2. The van der Waals surface area contributed by atoms with Crippen LogP contribution in [0.2, 0.25) is 0 Å². The zero-order valence-corrected chi connectivity index (χ0v) is 12.8. The lowest BCUT2D eigenvalue weighted by Crippen LogP contribution is -2.06. The van der Waals surface area contributed by atoms with Gasteiger partial charge in [-0.05, 0) is 30.7 Å². The third kappa shape index (κ3) is 2.59. The molecule has 108 valence electrons. The highest BCUT2D eigenvalue weighted by Crippen LogP contribution is 2.24. The molecule has 0 amide bonds. The van der Waals surface area contributed by atoms with Gasteiger partial charge in [-0.2, -0.15) is 0 Å². The maximum Gasteiger partial charge on any atom is 0.125 e. The lowest BCUT2D eigenvalue weighted by Gasteiger charge is -2.10. The summed E-state index contributed by atoms with van der Waals surface area (Å²) in [5.41, 5.74) is 4.10. The highest BCUT2D eigenvalue weighted by molar-refractivity contribution is 6.16. The molecule has 3 aromatic rings. The Bertz CT molecular complexity index is 782. The molecule has 0 bridgehead atoms. The molecule has 1 aromatic carbocycles. The number of benzene rings is 1. The van der Waals surface area contributed by atoms with E-state index < -0.39 is 0 Å². The third-order valence-corrected chi connectivity index (χ3v) is 3.82. The van der Waals surface area contributed by atoms with Gasteiger partial charge in [0.15, 0.2) is 0 Å². The topological polar surface area (TPSA) is 39.9 Å². The Morgan fingerprint density at radius 3 is 2.86 bits per heavy atom.